The van der Waals surface area contributed by atoms with E-state index in [1.165, 1.54) is 4.90 Å². The lowest BCUT2D eigenvalue weighted by Gasteiger charge is -2.14. The zero-order chi connectivity index (χ0) is 14.0. The molecule has 0 aliphatic carbocycles. The molecule has 1 aromatic rings. The number of rotatable bonds is 3. The lowest BCUT2D eigenvalue weighted by atomic mass is 10.3. The highest BCUT2D eigenvalue weighted by Gasteiger charge is 2.33. The maximum Gasteiger partial charge on any atom is 0.269 e. The number of carbonyl (C=O) groups is 1. The van der Waals surface area contributed by atoms with Crippen LogP contribution in [0, 0.1) is 0 Å². The Balaban J connectivity index is 2.27. The molecule has 1 amide bonds. The fraction of sp³-hybridized carbons (Fsp3) is 0.308. The number of hydrogen-bond acceptors (Lipinski definition) is 4. The van der Waals surface area contributed by atoms with Gasteiger partial charge in [-0.2, -0.15) is 0 Å². The van der Waals surface area contributed by atoms with Gasteiger partial charge in [0.25, 0.3) is 5.91 Å². The Hall–Kier alpha value is -1.82. The summed E-state index contributed by atoms with van der Waals surface area (Å²) in [6.45, 7) is 0. The molecule has 102 valence electrons. The van der Waals surface area contributed by atoms with E-state index < -0.39 is 10.8 Å². The molecule has 0 unspecified atom stereocenters. The summed E-state index contributed by atoms with van der Waals surface area (Å²) in [5.41, 5.74) is 0.723. The van der Waals surface area contributed by atoms with Crippen molar-refractivity contribution in [3.05, 3.63) is 35.4 Å². The minimum Gasteiger partial charge on any atom is -0.497 e. The first-order valence-corrected chi connectivity index (χ1v) is 7.07. The number of nitrogens with zero attached hydrogens (tertiary/aromatic N) is 2. The highest BCUT2D eigenvalue weighted by Crippen LogP contribution is 2.26. The Bertz CT molecular complexity index is 537. The first-order valence-electron chi connectivity index (χ1n) is 5.75. The SMILES string of the molecule is COc1ccc(N2C[S@](=O)/C(=C/N(C)C)C2=O)cc1. The Kier molecular flexibility index (Phi) is 3.90. The molecule has 1 aromatic carbocycles. The van der Waals surface area contributed by atoms with Crippen molar-refractivity contribution in [3.8, 4) is 5.75 Å². The number of ether oxygens (including phenoxy) is 1. The third kappa shape index (κ3) is 2.78. The monoisotopic (exact) mass is 280 g/mol. The topological polar surface area (TPSA) is 49.9 Å². The molecule has 0 radical (unpaired) electrons. The van der Waals surface area contributed by atoms with Crippen LogP contribution in [0.5, 0.6) is 5.75 Å². The average Bonchev–Trinajstić information content (AvgIpc) is 2.66. The molecule has 5 nitrogen and oxygen atoms in total. The van der Waals surface area contributed by atoms with Crippen LogP contribution in [0.3, 0.4) is 0 Å². The van der Waals surface area contributed by atoms with Crippen LogP contribution in [0.15, 0.2) is 35.4 Å². The van der Waals surface area contributed by atoms with Crippen molar-refractivity contribution in [2.75, 3.05) is 32.0 Å². The molecule has 2 rings (SSSR count). The second kappa shape index (κ2) is 5.44. The Labute approximate surface area is 114 Å². The Morgan fingerprint density at radius 2 is 1.95 bits per heavy atom. The maximum absolute atomic E-state index is 12.2. The molecule has 0 spiro atoms. The van der Waals surface area contributed by atoms with Crippen LogP contribution in [-0.2, 0) is 15.6 Å². The van der Waals surface area contributed by atoms with Crippen LogP contribution >= 0.6 is 0 Å². The quantitative estimate of drug-likeness (QED) is 0.779. The smallest absolute Gasteiger partial charge is 0.269 e. The van der Waals surface area contributed by atoms with Gasteiger partial charge in [0, 0.05) is 26.0 Å². The first kappa shape index (κ1) is 13.6. The van der Waals surface area contributed by atoms with Gasteiger partial charge in [-0.25, -0.2) is 0 Å². The van der Waals surface area contributed by atoms with Crippen LogP contribution in [0.25, 0.3) is 0 Å². The Morgan fingerprint density at radius 1 is 1.32 bits per heavy atom. The van der Waals surface area contributed by atoms with Gasteiger partial charge in [0.15, 0.2) is 0 Å². The van der Waals surface area contributed by atoms with Crippen molar-refractivity contribution in [1.82, 2.24) is 4.90 Å². The van der Waals surface area contributed by atoms with Gasteiger partial charge in [-0.3, -0.25) is 13.9 Å². The van der Waals surface area contributed by atoms with Crippen molar-refractivity contribution in [1.29, 1.82) is 0 Å². The molecule has 19 heavy (non-hydrogen) atoms. The third-order valence-electron chi connectivity index (χ3n) is 2.71. The number of hydrogen-bond donors (Lipinski definition) is 0. The summed E-state index contributed by atoms with van der Waals surface area (Å²) in [6.07, 6.45) is 1.61. The molecule has 0 saturated carbocycles. The van der Waals surface area contributed by atoms with E-state index >= 15 is 0 Å². The fourth-order valence-electron chi connectivity index (χ4n) is 1.78. The molecular formula is C13H16N2O3S. The summed E-state index contributed by atoms with van der Waals surface area (Å²) in [5.74, 6) is 0.711. The fourth-order valence-corrected chi connectivity index (χ4v) is 3.05. The van der Waals surface area contributed by atoms with Crippen molar-refractivity contribution in [2.24, 2.45) is 0 Å². The average molecular weight is 280 g/mol. The van der Waals surface area contributed by atoms with E-state index in [1.807, 2.05) is 0 Å². The summed E-state index contributed by atoms with van der Waals surface area (Å²) in [6, 6.07) is 7.12. The highest BCUT2D eigenvalue weighted by molar-refractivity contribution is 7.90. The van der Waals surface area contributed by atoms with E-state index in [2.05, 4.69) is 0 Å². The summed E-state index contributed by atoms with van der Waals surface area (Å²) in [5, 5.41) is 0. The normalized spacial score (nSPS) is 21.0. The molecule has 0 N–H and O–H groups in total. The van der Waals surface area contributed by atoms with E-state index in [-0.39, 0.29) is 11.8 Å². The third-order valence-corrected chi connectivity index (χ3v) is 3.97. The minimum atomic E-state index is -1.28. The standard InChI is InChI=1S/C13H16N2O3S/c1-14(2)8-12-13(16)15(9-19(12)17)10-4-6-11(18-3)7-5-10/h4-8H,9H2,1-3H3/b12-8+/t19-/m0/s1. The van der Waals surface area contributed by atoms with Gasteiger partial charge < -0.3 is 9.64 Å². The summed E-state index contributed by atoms with van der Waals surface area (Å²) in [7, 11) is 3.90. The molecule has 1 saturated heterocycles. The maximum atomic E-state index is 12.2. The van der Waals surface area contributed by atoms with Crippen LogP contribution < -0.4 is 9.64 Å². The number of benzene rings is 1. The predicted molar refractivity (Wildman–Crippen MR) is 75.3 cm³/mol. The van der Waals surface area contributed by atoms with Gasteiger partial charge >= 0.3 is 0 Å². The molecule has 1 aliphatic rings. The van der Waals surface area contributed by atoms with E-state index in [0.717, 1.165) is 11.4 Å². The van der Waals surface area contributed by atoms with Crippen molar-refractivity contribution < 1.29 is 13.7 Å². The summed E-state index contributed by atoms with van der Waals surface area (Å²) < 4.78 is 17.0. The van der Waals surface area contributed by atoms with Gasteiger partial charge in [0.05, 0.1) is 17.9 Å². The Morgan fingerprint density at radius 3 is 2.47 bits per heavy atom. The van der Waals surface area contributed by atoms with Gasteiger partial charge in [-0.05, 0) is 24.3 Å². The van der Waals surface area contributed by atoms with Gasteiger partial charge in [-0.1, -0.05) is 0 Å². The zero-order valence-corrected chi connectivity index (χ0v) is 11.9. The molecular weight excluding hydrogens is 264 g/mol. The molecule has 1 fully saturated rings. The molecule has 6 heteroatoms. The lowest BCUT2D eigenvalue weighted by molar-refractivity contribution is -0.114. The highest BCUT2D eigenvalue weighted by atomic mass is 32.2. The van der Waals surface area contributed by atoms with Gasteiger partial charge in [0.1, 0.15) is 16.5 Å². The van der Waals surface area contributed by atoms with Gasteiger partial charge in [-0.15, -0.1) is 0 Å². The largest absolute Gasteiger partial charge is 0.497 e. The molecule has 0 bridgehead atoms. The van der Waals surface area contributed by atoms with E-state index in [9.17, 15) is 9.00 Å². The number of amides is 1. The zero-order valence-electron chi connectivity index (χ0n) is 11.1. The summed E-state index contributed by atoms with van der Waals surface area (Å²) in [4.78, 5) is 15.8. The second-order valence-corrected chi connectivity index (χ2v) is 5.75. The molecule has 0 aromatic heterocycles. The molecule has 1 heterocycles. The number of methoxy groups -OCH3 is 1. The van der Waals surface area contributed by atoms with Crippen LogP contribution in [-0.4, -0.2) is 42.1 Å². The van der Waals surface area contributed by atoms with Gasteiger partial charge in [0.2, 0.25) is 0 Å². The summed E-state index contributed by atoms with van der Waals surface area (Å²) >= 11 is 0. The van der Waals surface area contributed by atoms with E-state index in [0.29, 0.717) is 4.91 Å². The van der Waals surface area contributed by atoms with E-state index in [4.69, 9.17) is 4.74 Å². The molecule has 1 aliphatic heterocycles. The van der Waals surface area contributed by atoms with Crippen LogP contribution in [0.4, 0.5) is 5.69 Å². The van der Waals surface area contributed by atoms with Crippen molar-refractivity contribution in [2.45, 2.75) is 0 Å². The first-order chi connectivity index (χ1) is 9.02. The lowest BCUT2D eigenvalue weighted by Crippen LogP contribution is -2.24. The van der Waals surface area contributed by atoms with Crippen LogP contribution in [0.2, 0.25) is 0 Å². The van der Waals surface area contributed by atoms with E-state index in [1.54, 1.807) is 56.6 Å². The van der Waals surface area contributed by atoms with Crippen molar-refractivity contribution >= 4 is 22.4 Å². The minimum absolute atomic E-state index is 0.199. The number of anilines is 1. The predicted octanol–water partition coefficient (Wildman–Crippen LogP) is 1.15. The molecule has 1 atom stereocenters. The number of carbonyl (C=O) groups excluding carboxylic acids is 1. The van der Waals surface area contributed by atoms with Crippen molar-refractivity contribution in [3.63, 3.8) is 0 Å². The van der Waals surface area contributed by atoms with Crippen LogP contribution in [0.1, 0.15) is 0 Å². The second-order valence-electron chi connectivity index (χ2n) is 4.36.